The van der Waals surface area contributed by atoms with Crippen LogP contribution in [0.15, 0.2) is 23.0 Å². The molecule has 1 saturated carbocycles. The summed E-state index contributed by atoms with van der Waals surface area (Å²) in [7, 11) is 1.52. The van der Waals surface area contributed by atoms with E-state index in [0.29, 0.717) is 41.6 Å². The molecule has 4 rings (SSSR count). The highest BCUT2D eigenvalue weighted by Crippen LogP contribution is 2.40. The van der Waals surface area contributed by atoms with Crippen molar-refractivity contribution in [1.29, 1.82) is 0 Å². The molecule has 1 amide bonds. The first kappa shape index (κ1) is 21.9. The molecule has 2 heterocycles. The predicted octanol–water partition coefficient (Wildman–Crippen LogP) is 2.71. The van der Waals surface area contributed by atoms with Gasteiger partial charge in [-0.15, -0.1) is 0 Å². The number of carbonyl (C=O) groups excluding carboxylic acids is 1. The minimum Gasteiger partial charge on any atom is -0.490 e. The molecule has 32 heavy (non-hydrogen) atoms. The highest BCUT2D eigenvalue weighted by atomic mass is 16.5. The van der Waals surface area contributed by atoms with E-state index in [1.807, 2.05) is 32.0 Å². The SMILES string of the molecule is Cc1c(-c2ccc3c(c2)NCCO3)c(CC(=O)O)n(C)c(=O)c1C(=O)NC(C)(C)C1CC1. The molecule has 1 aliphatic heterocycles. The molecular formula is C24H29N3O5. The number of nitrogens with one attached hydrogen (secondary N) is 2. The first-order valence-electron chi connectivity index (χ1n) is 10.9. The van der Waals surface area contributed by atoms with Gasteiger partial charge in [0, 0.05) is 30.4 Å². The standard InChI is InChI=1S/C24H29N3O5/c1-13-20(14-5-8-18-16(11-14)25-9-10-32-18)17(12-19(28)29)27(4)23(31)21(13)22(30)26-24(2,3)15-6-7-15/h5,8,11,15,25H,6-7,9-10,12H2,1-4H3,(H,26,30)(H,28,29). The number of amides is 1. The van der Waals surface area contributed by atoms with Crippen molar-refractivity contribution in [1.82, 2.24) is 9.88 Å². The van der Waals surface area contributed by atoms with Crippen LogP contribution in [0.5, 0.6) is 5.75 Å². The van der Waals surface area contributed by atoms with Gasteiger partial charge in [0.15, 0.2) is 0 Å². The summed E-state index contributed by atoms with van der Waals surface area (Å²) in [6.45, 7) is 6.88. The van der Waals surface area contributed by atoms with Gasteiger partial charge in [-0.25, -0.2) is 0 Å². The van der Waals surface area contributed by atoms with Crippen LogP contribution in [0.25, 0.3) is 11.1 Å². The lowest BCUT2D eigenvalue weighted by Crippen LogP contribution is -2.47. The summed E-state index contributed by atoms with van der Waals surface area (Å²) in [5, 5.41) is 15.8. The second-order valence-corrected chi connectivity index (χ2v) is 9.19. The fourth-order valence-corrected chi connectivity index (χ4v) is 4.52. The zero-order chi connectivity index (χ0) is 23.2. The van der Waals surface area contributed by atoms with Crippen LogP contribution < -0.4 is 20.9 Å². The van der Waals surface area contributed by atoms with Crippen molar-refractivity contribution in [2.45, 2.75) is 45.6 Å². The first-order chi connectivity index (χ1) is 15.1. The number of rotatable bonds is 6. The Kier molecular flexibility index (Phi) is 5.48. The van der Waals surface area contributed by atoms with Crippen LogP contribution in [-0.4, -0.2) is 40.2 Å². The van der Waals surface area contributed by atoms with E-state index in [-0.39, 0.29) is 12.0 Å². The summed E-state index contributed by atoms with van der Waals surface area (Å²) in [5.41, 5.74) is 2.07. The summed E-state index contributed by atoms with van der Waals surface area (Å²) < 4.78 is 6.94. The molecule has 0 bridgehead atoms. The van der Waals surface area contributed by atoms with E-state index >= 15 is 0 Å². The third kappa shape index (κ3) is 3.97. The molecule has 0 saturated heterocycles. The number of carboxylic acids is 1. The summed E-state index contributed by atoms with van der Waals surface area (Å²) in [5.74, 6) is -0.367. The topological polar surface area (TPSA) is 110 Å². The maximum Gasteiger partial charge on any atom is 0.309 e. The van der Waals surface area contributed by atoms with Crippen LogP contribution in [0.2, 0.25) is 0 Å². The van der Waals surface area contributed by atoms with Gasteiger partial charge in [0.25, 0.3) is 11.5 Å². The lowest BCUT2D eigenvalue weighted by atomic mass is 9.92. The summed E-state index contributed by atoms with van der Waals surface area (Å²) in [6, 6.07) is 5.53. The van der Waals surface area contributed by atoms with Gasteiger partial charge >= 0.3 is 5.97 Å². The van der Waals surface area contributed by atoms with Gasteiger partial charge in [0.05, 0.1) is 12.1 Å². The van der Waals surface area contributed by atoms with E-state index in [1.54, 1.807) is 6.92 Å². The van der Waals surface area contributed by atoms with Crippen molar-refractivity contribution in [2.24, 2.45) is 13.0 Å². The van der Waals surface area contributed by atoms with Gasteiger partial charge in [0.2, 0.25) is 0 Å². The van der Waals surface area contributed by atoms with Crippen LogP contribution in [0.4, 0.5) is 5.69 Å². The second kappa shape index (κ2) is 8.00. The number of ether oxygens (including phenoxy) is 1. The molecule has 1 aromatic heterocycles. The van der Waals surface area contributed by atoms with Crippen molar-refractivity contribution in [3.05, 3.63) is 45.4 Å². The van der Waals surface area contributed by atoms with Crippen LogP contribution in [-0.2, 0) is 18.3 Å². The highest BCUT2D eigenvalue weighted by molar-refractivity contribution is 5.98. The molecule has 8 nitrogen and oxygen atoms in total. The van der Waals surface area contributed by atoms with Gasteiger partial charge in [-0.2, -0.15) is 0 Å². The Bertz CT molecular complexity index is 1160. The Morgan fingerprint density at radius 2 is 2.03 bits per heavy atom. The number of hydrogen-bond donors (Lipinski definition) is 3. The quantitative estimate of drug-likeness (QED) is 0.639. The Balaban J connectivity index is 1.88. The van der Waals surface area contributed by atoms with Crippen LogP contribution in [0.1, 0.15) is 48.3 Å². The zero-order valence-electron chi connectivity index (χ0n) is 18.9. The van der Waals surface area contributed by atoms with E-state index in [9.17, 15) is 19.5 Å². The van der Waals surface area contributed by atoms with E-state index < -0.39 is 23.0 Å². The van der Waals surface area contributed by atoms with Gasteiger partial charge < -0.3 is 25.0 Å². The van der Waals surface area contributed by atoms with Crippen molar-refractivity contribution in [3.63, 3.8) is 0 Å². The molecule has 0 radical (unpaired) electrons. The number of fused-ring (bicyclic) bond motifs is 1. The minimum atomic E-state index is -1.05. The Labute approximate surface area is 186 Å². The van der Waals surface area contributed by atoms with Crippen molar-refractivity contribution in [2.75, 3.05) is 18.5 Å². The fourth-order valence-electron chi connectivity index (χ4n) is 4.52. The maximum absolute atomic E-state index is 13.3. The van der Waals surface area contributed by atoms with Gasteiger partial charge in [-0.05, 0) is 62.8 Å². The molecule has 1 fully saturated rings. The molecule has 0 spiro atoms. The molecule has 8 heteroatoms. The monoisotopic (exact) mass is 439 g/mol. The summed E-state index contributed by atoms with van der Waals surface area (Å²) in [6.07, 6.45) is 1.77. The molecule has 1 aliphatic carbocycles. The maximum atomic E-state index is 13.3. The third-order valence-corrected chi connectivity index (χ3v) is 6.48. The Hall–Kier alpha value is -3.29. The van der Waals surface area contributed by atoms with E-state index in [4.69, 9.17) is 4.74 Å². The molecule has 0 atom stereocenters. The highest BCUT2D eigenvalue weighted by Gasteiger charge is 2.39. The second-order valence-electron chi connectivity index (χ2n) is 9.19. The summed E-state index contributed by atoms with van der Waals surface area (Å²) >= 11 is 0. The minimum absolute atomic E-state index is 0.0484. The average Bonchev–Trinajstić information content (AvgIpc) is 3.57. The molecule has 2 aromatic rings. The van der Waals surface area contributed by atoms with Gasteiger partial charge in [-0.1, -0.05) is 6.07 Å². The van der Waals surface area contributed by atoms with Gasteiger partial charge in [-0.3, -0.25) is 14.4 Å². The third-order valence-electron chi connectivity index (χ3n) is 6.48. The molecule has 2 aliphatic rings. The smallest absolute Gasteiger partial charge is 0.309 e. The molecule has 170 valence electrons. The van der Waals surface area contributed by atoms with Crippen molar-refractivity contribution < 1.29 is 19.4 Å². The Morgan fingerprint density at radius 1 is 1.31 bits per heavy atom. The van der Waals surface area contributed by atoms with Crippen LogP contribution >= 0.6 is 0 Å². The largest absolute Gasteiger partial charge is 0.490 e. The number of benzene rings is 1. The van der Waals surface area contributed by atoms with Crippen LogP contribution in [0.3, 0.4) is 0 Å². The average molecular weight is 440 g/mol. The zero-order valence-corrected chi connectivity index (χ0v) is 18.9. The van der Waals surface area contributed by atoms with Crippen molar-refractivity contribution >= 4 is 17.6 Å². The predicted molar refractivity (Wildman–Crippen MR) is 121 cm³/mol. The van der Waals surface area contributed by atoms with E-state index in [2.05, 4.69) is 10.6 Å². The lowest BCUT2D eigenvalue weighted by Gasteiger charge is -2.27. The first-order valence-corrected chi connectivity index (χ1v) is 10.9. The number of hydrogen-bond acceptors (Lipinski definition) is 5. The normalized spacial score (nSPS) is 15.4. The summed E-state index contributed by atoms with van der Waals surface area (Å²) in [4.78, 5) is 38.1. The van der Waals surface area contributed by atoms with Crippen LogP contribution in [0, 0.1) is 12.8 Å². The Morgan fingerprint density at radius 3 is 2.69 bits per heavy atom. The van der Waals surface area contributed by atoms with E-state index in [0.717, 1.165) is 24.1 Å². The lowest BCUT2D eigenvalue weighted by molar-refractivity contribution is -0.136. The van der Waals surface area contributed by atoms with E-state index in [1.165, 1.54) is 11.6 Å². The molecule has 1 aromatic carbocycles. The number of aromatic nitrogens is 1. The van der Waals surface area contributed by atoms with Gasteiger partial charge in [0.1, 0.15) is 17.9 Å². The number of nitrogens with zero attached hydrogens (tertiary/aromatic N) is 1. The number of carbonyl (C=O) groups is 2. The number of pyridine rings is 1. The number of aliphatic carboxylic acids is 1. The number of anilines is 1. The fraction of sp³-hybridized carbons (Fsp3) is 0.458. The van der Waals surface area contributed by atoms with Crippen molar-refractivity contribution in [3.8, 4) is 16.9 Å². The molecular weight excluding hydrogens is 410 g/mol. The number of carboxylic acid groups (broad SMARTS) is 1. The molecule has 0 unspecified atom stereocenters. The molecule has 3 N–H and O–H groups in total.